The molecule has 0 spiro atoms. The summed E-state index contributed by atoms with van der Waals surface area (Å²) < 4.78 is 0. The zero-order chi connectivity index (χ0) is 14.8. The van der Waals surface area contributed by atoms with E-state index < -0.39 is 11.5 Å². The third-order valence-corrected chi connectivity index (χ3v) is 3.82. The molecule has 3 N–H and O–H groups in total. The Balaban J connectivity index is 2.65. The zero-order valence-corrected chi connectivity index (χ0v) is 11.5. The van der Waals surface area contributed by atoms with Gasteiger partial charge in [0.05, 0.1) is 0 Å². The maximum atomic E-state index is 12.2. The van der Waals surface area contributed by atoms with E-state index in [1.807, 2.05) is 0 Å². The first-order valence-corrected chi connectivity index (χ1v) is 6.23. The average Bonchev–Trinajstić information content (AvgIpc) is 2.36. The lowest BCUT2D eigenvalue weighted by Gasteiger charge is -2.38. The fourth-order valence-electron chi connectivity index (χ4n) is 1.95. The highest BCUT2D eigenvalue weighted by Gasteiger charge is 2.38. The minimum Gasteiger partial charge on any atom is -0.480 e. The second-order valence-corrected chi connectivity index (χ2v) is 5.37. The molecule has 0 unspecified atom stereocenters. The van der Waals surface area contributed by atoms with Gasteiger partial charge in [0.25, 0.3) is 0 Å². The summed E-state index contributed by atoms with van der Waals surface area (Å²) in [4.78, 5) is 37.1. The largest absolute Gasteiger partial charge is 0.480 e. The van der Waals surface area contributed by atoms with Crippen LogP contribution in [-0.4, -0.2) is 58.5 Å². The van der Waals surface area contributed by atoms with Crippen molar-refractivity contribution in [3.63, 3.8) is 0 Å². The van der Waals surface area contributed by atoms with Crippen LogP contribution in [0.3, 0.4) is 0 Å². The van der Waals surface area contributed by atoms with Gasteiger partial charge in [-0.3, -0.25) is 4.79 Å². The van der Waals surface area contributed by atoms with Crippen molar-refractivity contribution < 1.29 is 19.5 Å². The number of carbonyl (C=O) groups excluding carboxylic acids is 2. The molecule has 7 heteroatoms. The van der Waals surface area contributed by atoms with Crippen LogP contribution < -0.4 is 5.73 Å². The van der Waals surface area contributed by atoms with E-state index in [0.29, 0.717) is 25.9 Å². The summed E-state index contributed by atoms with van der Waals surface area (Å²) in [5, 5.41) is 9.10. The topological polar surface area (TPSA) is 104 Å². The lowest BCUT2D eigenvalue weighted by molar-refractivity contribution is -0.147. The molecule has 0 atom stereocenters. The quantitative estimate of drug-likeness (QED) is 0.759. The average molecular weight is 271 g/mol. The number of carboxylic acid groups (broad SMARTS) is 1. The highest BCUT2D eigenvalue weighted by Crippen LogP contribution is 2.20. The molecule has 0 aromatic carbocycles. The van der Waals surface area contributed by atoms with Crippen LogP contribution in [0, 0.1) is 5.92 Å². The summed E-state index contributed by atoms with van der Waals surface area (Å²) in [5.74, 6) is -1.59. The minimum absolute atomic E-state index is 0.193. The Bertz CT molecular complexity index is 386. The van der Waals surface area contributed by atoms with Gasteiger partial charge in [-0.1, -0.05) is 0 Å². The molecule has 1 saturated heterocycles. The number of urea groups is 1. The van der Waals surface area contributed by atoms with E-state index in [0.717, 1.165) is 0 Å². The van der Waals surface area contributed by atoms with E-state index in [-0.39, 0.29) is 17.9 Å². The normalized spacial score (nSPS) is 17.1. The van der Waals surface area contributed by atoms with Crippen LogP contribution in [0.25, 0.3) is 0 Å². The first-order valence-electron chi connectivity index (χ1n) is 6.23. The second-order valence-electron chi connectivity index (χ2n) is 5.37. The number of piperidine rings is 1. The number of primary amides is 1. The van der Waals surface area contributed by atoms with E-state index in [4.69, 9.17) is 10.8 Å². The molecule has 3 amide bonds. The molecule has 0 radical (unpaired) electrons. The fourth-order valence-corrected chi connectivity index (χ4v) is 1.95. The molecule has 7 nitrogen and oxygen atoms in total. The van der Waals surface area contributed by atoms with Gasteiger partial charge in [0.15, 0.2) is 0 Å². The number of likely N-dealkylation sites (N-methyl/N-ethyl adjacent to an activating group) is 1. The van der Waals surface area contributed by atoms with Gasteiger partial charge in [-0.25, -0.2) is 9.59 Å². The summed E-state index contributed by atoms with van der Waals surface area (Å²) in [6, 6.07) is -0.338. The molecule has 19 heavy (non-hydrogen) atoms. The van der Waals surface area contributed by atoms with Crippen molar-refractivity contribution in [2.24, 2.45) is 11.7 Å². The smallest absolute Gasteiger partial charge is 0.329 e. The number of hydrogen-bond donors (Lipinski definition) is 2. The summed E-state index contributed by atoms with van der Waals surface area (Å²) in [6.07, 6.45) is 1.06. The van der Waals surface area contributed by atoms with Crippen molar-refractivity contribution in [2.75, 3.05) is 20.1 Å². The first kappa shape index (κ1) is 15.3. The number of hydrogen-bond acceptors (Lipinski definition) is 3. The number of nitrogens with zero attached hydrogens (tertiary/aromatic N) is 2. The number of carboxylic acids is 1. The Morgan fingerprint density at radius 1 is 1.26 bits per heavy atom. The van der Waals surface area contributed by atoms with E-state index in [2.05, 4.69) is 0 Å². The van der Waals surface area contributed by atoms with Crippen molar-refractivity contribution in [2.45, 2.75) is 32.2 Å². The van der Waals surface area contributed by atoms with Gasteiger partial charge < -0.3 is 20.6 Å². The predicted molar refractivity (Wildman–Crippen MR) is 68.4 cm³/mol. The molecule has 1 aliphatic heterocycles. The Kier molecular flexibility index (Phi) is 4.39. The molecule has 108 valence electrons. The van der Waals surface area contributed by atoms with E-state index >= 15 is 0 Å². The number of rotatable bonds is 3. The van der Waals surface area contributed by atoms with Gasteiger partial charge in [0.1, 0.15) is 5.54 Å². The molecular weight excluding hydrogens is 250 g/mol. The zero-order valence-electron chi connectivity index (χ0n) is 11.5. The van der Waals surface area contributed by atoms with Crippen molar-refractivity contribution in [1.29, 1.82) is 0 Å². The Morgan fingerprint density at radius 3 is 2.11 bits per heavy atom. The molecule has 1 fully saturated rings. The van der Waals surface area contributed by atoms with Gasteiger partial charge in [0.2, 0.25) is 5.91 Å². The molecule has 0 aromatic heterocycles. The summed E-state index contributed by atoms with van der Waals surface area (Å²) in [7, 11) is 1.47. The molecule has 0 saturated carbocycles. The van der Waals surface area contributed by atoms with Crippen LogP contribution in [-0.2, 0) is 9.59 Å². The number of aliphatic carboxylic acids is 1. The van der Waals surface area contributed by atoms with Gasteiger partial charge in [-0.15, -0.1) is 0 Å². The van der Waals surface area contributed by atoms with Crippen molar-refractivity contribution in [3.8, 4) is 0 Å². The third-order valence-electron chi connectivity index (χ3n) is 3.82. The van der Waals surface area contributed by atoms with Crippen molar-refractivity contribution >= 4 is 17.9 Å². The molecule has 0 aliphatic carbocycles. The Hall–Kier alpha value is -1.79. The molecule has 1 rings (SSSR count). The number of carbonyl (C=O) groups is 3. The Labute approximate surface area is 112 Å². The van der Waals surface area contributed by atoms with Gasteiger partial charge in [0, 0.05) is 26.1 Å². The maximum absolute atomic E-state index is 12.2. The van der Waals surface area contributed by atoms with E-state index in [1.165, 1.54) is 25.8 Å². The van der Waals surface area contributed by atoms with Gasteiger partial charge >= 0.3 is 12.0 Å². The SMILES string of the molecule is CN(C(=O)N1CCC(C(N)=O)CC1)C(C)(C)C(=O)O. The molecule has 0 aromatic rings. The predicted octanol–water partition coefficient (Wildman–Crippen LogP) is 0.0987. The monoisotopic (exact) mass is 271 g/mol. The number of likely N-dealkylation sites (tertiary alicyclic amines) is 1. The molecule has 1 heterocycles. The lowest BCUT2D eigenvalue weighted by Crippen LogP contribution is -2.56. The van der Waals surface area contributed by atoms with Gasteiger partial charge in [-0.2, -0.15) is 0 Å². The second kappa shape index (κ2) is 5.46. The van der Waals surface area contributed by atoms with Crippen molar-refractivity contribution in [3.05, 3.63) is 0 Å². The van der Waals surface area contributed by atoms with E-state index in [1.54, 1.807) is 4.90 Å². The lowest BCUT2D eigenvalue weighted by atomic mass is 9.96. The highest BCUT2D eigenvalue weighted by molar-refractivity contribution is 5.85. The van der Waals surface area contributed by atoms with Crippen LogP contribution >= 0.6 is 0 Å². The number of amides is 3. The maximum Gasteiger partial charge on any atom is 0.329 e. The molecule has 0 bridgehead atoms. The third kappa shape index (κ3) is 3.15. The summed E-state index contributed by atoms with van der Waals surface area (Å²) in [5.41, 5.74) is 3.96. The Morgan fingerprint density at radius 2 is 1.74 bits per heavy atom. The highest BCUT2D eigenvalue weighted by atomic mass is 16.4. The number of nitrogens with two attached hydrogens (primary N) is 1. The van der Waals surface area contributed by atoms with Gasteiger partial charge in [-0.05, 0) is 26.7 Å². The minimum atomic E-state index is -1.27. The van der Waals surface area contributed by atoms with Crippen molar-refractivity contribution in [1.82, 2.24) is 9.80 Å². The standard InChI is InChI=1S/C12H21N3O4/c1-12(2,10(17)18)14(3)11(19)15-6-4-8(5-7-15)9(13)16/h8H,4-7H2,1-3H3,(H2,13,16)(H,17,18). The van der Waals surface area contributed by atoms with Crippen LogP contribution in [0.2, 0.25) is 0 Å². The van der Waals surface area contributed by atoms with Crippen LogP contribution in [0.1, 0.15) is 26.7 Å². The van der Waals surface area contributed by atoms with Crippen LogP contribution in [0.5, 0.6) is 0 Å². The summed E-state index contributed by atoms with van der Waals surface area (Å²) >= 11 is 0. The first-order chi connectivity index (χ1) is 8.67. The fraction of sp³-hybridized carbons (Fsp3) is 0.750. The molecular formula is C12H21N3O4. The van der Waals surface area contributed by atoms with Crippen LogP contribution in [0.15, 0.2) is 0 Å². The van der Waals surface area contributed by atoms with Crippen LogP contribution in [0.4, 0.5) is 4.79 Å². The summed E-state index contributed by atoms with van der Waals surface area (Å²) in [6.45, 7) is 3.80. The van der Waals surface area contributed by atoms with E-state index in [9.17, 15) is 14.4 Å². The molecule has 1 aliphatic rings.